The lowest BCUT2D eigenvalue weighted by atomic mass is 10.00. The quantitative estimate of drug-likeness (QED) is 0.250. The van der Waals surface area contributed by atoms with Crippen molar-refractivity contribution in [2.75, 3.05) is 0 Å². The fraction of sp³-hybridized carbons (Fsp3) is 0.0312. The zero-order valence-corrected chi connectivity index (χ0v) is 18.9. The zero-order chi connectivity index (χ0) is 22.6. The van der Waals surface area contributed by atoms with Crippen LogP contribution in [-0.2, 0) is 0 Å². The molecule has 1 aromatic heterocycles. The van der Waals surface area contributed by atoms with Crippen molar-refractivity contribution in [1.82, 2.24) is 9.55 Å². The molecular weight excluding hydrogens is 412 g/mol. The predicted molar refractivity (Wildman–Crippen MR) is 144 cm³/mol. The molecule has 0 fully saturated rings. The lowest BCUT2D eigenvalue weighted by Crippen LogP contribution is -1.98. The van der Waals surface area contributed by atoms with E-state index in [1.165, 1.54) is 37.9 Å². The molecule has 0 spiro atoms. The summed E-state index contributed by atoms with van der Waals surface area (Å²) >= 11 is 0. The number of aromatic nitrogens is 2. The lowest BCUT2D eigenvalue weighted by molar-refractivity contribution is 1.11. The predicted octanol–water partition coefficient (Wildman–Crippen LogP) is 8.46. The number of benzene rings is 6. The maximum Gasteiger partial charge on any atom is 0.145 e. The van der Waals surface area contributed by atoms with Gasteiger partial charge >= 0.3 is 0 Å². The third-order valence-electron chi connectivity index (χ3n) is 6.80. The number of para-hydroxylation sites is 1. The van der Waals surface area contributed by atoms with Crippen molar-refractivity contribution in [1.29, 1.82) is 0 Å². The molecule has 2 nitrogen and oxygen atoms in total. The van der Waals surface area contributed by atoms with Gasteiger partial charge in [0.05, 0.1) is 11.0 Å². The van der Waals surface area contributed by atoms with E-state index in [4.69, 9.17) is 4.98 Å². The van der Waals surface area contributed by atoms with Crippen molar-refractivity contribution in [2.45, 2.75) is 6.92 Å². The molecule has 0 N–H and O–H groups in total. The highest BCUT2D eigenvalue weighted by atomic mass is 15.1. The zero-order valence-electron chi connectivity index (χ0n) is 18.9. The summed E-state index contributed by atoms with van der Waals surface area (Å²) in [5.74, 6) is 0.963. The molecule has 7 rings (SSSR count). The van der Waals surface area contributed by atoms with Crippen LogP contribution in [0.4, 0.5) is 0 Å². The first-order chi connectivity index (χ1) is 16.8. The van der Waals surface area contributed by atoms with Crippen molar-refractivity contribution in [3.8, 4) is 17.1 Å². The molecule has 160 valence electrons. The van der Waals surface area contributed by atoms with E-state index in [0.29, 0.717) is 0 Å². The van der Waals surface area contributed by atoms with Crippen LogP contribution in [0.3, 0.4) is 0 Å². The normalized spacial score (nSPS) is 11.7. The Kier molecular flexibility index (Phi) is 4.09. The van der Waals surface area contributed by atoms with Gasteiger partial charge in [-0.1, -0.05) is 103 Å². The summed E-state index contributed by atoms with van der Waals surface area (Å²) in [6, 6.07) is 41.2. The van der Waals surface area contributed by atoms with Gasteiger partial charge < -0.3 is 0 Å². The van der Waals surface area contributed by atoms with Crippen LogP contribution in [0.15, 0.2) is 115 Å². The molecule has 0 aliphatic carbocycles. The summed E-state index contributed by atoms with van der Waals surface area (Å²) in [5.41, 5.74) is 5.69. The van der Waals surface area contributed by atoms with Gasteiger partial charge in [0.25, 0.3) is 0 Å². The number of aryl methyl sites for hydroxylation is 1. The minimum absolute atomic E-state index is 0.963. The van der Waals surface area contributed by atoms with Gasteiger partial charge in [-0.2, -0.15) is 0 Å². The van der Waals surface area contributed by atoms with Gasteiger partial charge in [0.1, 0.15) is 5.82 Å². The fourth-order valence-corrected chi connectivity index (χ4v) is 5.23. The highest BCUT2D eigenvalue weighted by Crippen LogP contribution is 2.39. The third-order valence-corrected chi connectivity index (χ3v) is 6.80. The van der Waals surface area contributed by atoms with Crippen LogP contribution in [0.1, 0.15) is 5.56 Å². The van der Waals surface area contributed by atoms with Gasteiger partial charge in [-0.3, -0.25) is 4.57 Å². The van der Waals surface area contributed by atoms with Crippen LogP contribution in [0.5, 0.6) is 0 Å². The summed E-state index contributed by atoms with van der Waals surface area (Å²) in [4.78, 5) is 5.32. The lowest BCUT2D eigenvalue weighted by Gasteiger charge is -2.12. The smallest absolute Gasteiger partial charge is 0.145 e. The Balaban J connectivity index is 1.67. The Labute approximate surface area is 197 Å². The summed E-state index contributed by atoms with van der Waals surface area (Å²) in [5, 5.41) is 7.37. The van der Waals surface area contributed by atoms with Gasteiger partial charge in [-0.15, -0.1) is 0 Å². The van der Waals surface area contributed by atoms with Crippen molar-refractivity contribution in [3.05, 3.63) is 121 Å². The molecule has 0 bridgehead atoms. The van der Waals surface area contributed by atoms with E-state index in [0.717, 1.165) is 28.1 Å². The van der Waals surface area contributed by atoms with E-state index in [1.807, 2.05) is 0 Å². The highest BCUT2D eigenvalue weighted by Gasteiger charge is 2.20. The van der Waals surface area contributed by atoms with Crippen molar-refractivity contribution < 1.29 is 0 Å². The molecule has 0 unspecified atom stereocenters. The second kappa shape index (κ2) is 7.29. The second-order valence-corrected chi connectivity index (χ2v) is 8.96. The van der Waals surface area contributed by atoms with Crippen LogP contribution in [0.2, 0.25) is 0 Å². The van der Waals surface area contributed by atoms with Gasteiger partial charge in [-0.05, 0) is 46.7 Å². The van der Waals surface area contributed by atoms with E-state index in [2.05, 4.69) is 127 Å². The summed E-state index contributed by atoms with van der Waals surface area (Å²) in [6.45, 7) is 2.14. The number of rotatable bonds is 2. The molecule has 1 heterocycles. The van der Waals surface area contributed by atoms with Gasteiger partial charge in [-0.25, -0.2) is 4.98 Å². The summed E-state index contributed by atoms with van der Waals surface area (Å²) < 4.78 is 2.33. The van der Waals surface area contributed by atoms with Crippen LogP contribution in [0.25, 0.3) is 60.4 Å². The van der Waals surface area contributed by atoms with Crippen LogP contribution in [-0.4, -0.2) is 9.55 Å². The molecule has 0 saturated heterocycles. The number of fused-ring (bicyclic) bond motifs is 7. The largest absolute Gasteiger partial charge is 0.292 e. The summed E-state index contributed by atoms with van der Waals surface area (Å²) in [6.07, 6.45) is 0. The Morgan fingerprint density at radius 1 is 0.559 bits per heavy atom. The highest BCUT2D eigenvalue weighted by molar-refractivity contribution is 6.24. The Bertz CT molecular complexity index is 1860. The third kappa shape index (κ3) is 2.79. The molecule has 0 radical (unpaired) electrons. The molecule has 0 atom stereocenters. The van der Waals surface area contributed by atoms with Crippen LogP contribution in [0, 0.1) is 6.92 Å². The van der Waals surface area contributed by atoms with Gasteiger partial charge in [0, 0.05) is 22.0 Å². The first kappa shape index (κ1) is 19.1. The van der Waals surface area contributed by atoms with Gasteiger partial charge in [0.2, 0.25) is 0 Å². The number of hydrogen-bond donors (Lipinski definition) is 0. The topological polar surface area (TPSA) is 17.8 Å². The molecule has 6 aromatic carbocycles. The fourth-order valence-electron chi connectivity index (χ4n) is 5.23. The minimum atomic E-state index is 0.963. The van der Waals surface area contributed by atoms with E-state index >= 15 is 0 Å². The van der Waals surface area contributed by atoms with E-state index in [-0.39, 0.29) is 0 Å². The molecule has 0 amide bonds. The average molecular weight is 435 g/mol. The van der Waals surface area contributed by atoms with Crippen LogP contribution < -0.4 is 0 Å². The SMILES string of the molecule is Cc1ccc2cc(-c3nc4c5ccccc5c5ccccc5c4n3-c3ccccc3)ccc2c1. The van der Waals surface area contributed by atoms with E-state index < -0.39 is 0 Å². The van der Waals surface area contributed by atoms with Crippen molar-refractivity contribution >= 4 is 43.4 Å². The van der Waals surface area contributed by atoms with E-state index in [1.54, 1.807) is 0 Å². The number of nitrogens with zero attached hydrogens (tertiary/aromatic N) is 2. The Morgan fingerprint density at radius 3 is 1.97 bits per heavy atom. The second-order valence-electron chi connectivity index (χ2n) is 8.96. The molecule has 0 aliphatic rings. The van der Waals surface area contributed by atoms with Crippen molar-refractivity contribution in [3.63, 3.8) is 0 Å². The Hall–Kier alpha value is -4.43. The van der Waals surface area contributed by atoms with Crippen LogP contribution >= 0.6 is 0 Å². The molecule has 2 heteroatoms. The average Bonchev–Trinajstić information content (AvgIpc) is 3.30. The molecule has 0 aliphatic heterocycles. The first-order valence-electron chi connectivity index (χ1n) is 11.7. The summed E-state index contributed by atoms with van der Waals surface area (Å²) in [7, 11) is 0. The number of imidazole rings is 1. The van der Waals surface area contributed by atoms with E-state index in [9.17, 15) is 0 Å². The van der Waals surface area contributed by atoms with Crippen molar-refractivity contribution in [2.24, 2.45) is 0 Å². The molecule has 7 aromatic rings. The standard InChI is InChI=1S/C32H22N2/c1-21-15-16-23-20-24(18-17-22(23)19-21)32-33-30-28-13-7-5-11-26(28)27-12-6-8-14-29(27)31(30)34(32)25-9-3-2-4-10-25/h2-20H,1H3. The molecule has 34 heavy (non-hydrogen) atoms. The minimum Gasteiger partial charge on any atom is -0.292 e. The molecular formula is C32H22N2. The maximum absolute atomic E-state index is 5.32. The van der Waals surface area contributed by atoms with Gasteiger partial charge in [0.15, 0.2) is 0 Å². The first-order valence-corrected chi connectivity index (χ1v) is 11.7. The Morgan fingerprint density at radius 2 is 1.18 bits per heavy atom. The molecule has 0 saturated carbocycles. The maximum atomic E-state index is 5.32. The number of hydrogen-bond acceptors (Lipinski definition) is 1. The monoisotopic (exact) mass is 434 g/mol.